The van der Waals surface area contributed by atoms with Crippen LogP contribution in [0, 0.1) is 0 Å². The summed E-state index contributed by atoms with van der Waals surface area (Å²) in [5.41, 5.74) is 2.24. The van der Waals surface area contributed by atoms with E-state index in [2.05, 4.69) is 5.32 Å². The van der Waals surface area contributed by atoms with E-state index < -0.39 is 5.97 Å². The van der Waals surface area contributed by atoms with Crippen molar-refractivity contribution >= 4 is 17.8 Å². The molecule has 0 fully saturated rings. The first kappa shape index (κ1) is 20.6. The molecule has 29 heavy (non-hydrogen) atoms. The van der Waals surface area contributed by atoms with Gasteiger partial charge in [0.2, 0.25) is 5.91 Å². The zero-order chi connectivity index (χ0) is 21.2. The van der Waals surface area contributed by atoms with Crippen LogP contribution in [0.2, 0.25) is 0 Å². The van der Waals surface area contributed by atoms with Gasteiger partial charge in [0, 0.05) is 24.6 Å². The number of nitrogens with zero attached hydrogens (tertiary/aromatic N) is 1. The number of fused-ring (bicyclic) bond motifs is 1. The zero-order valence-electron chi connectivity index (χ0n) is 17.2. The SMILES string of the molecule is CN(CC(=O)NC(C)(C)C)C(=O)c1ccc2c(c1)CC(c1ccccc1)OC2=O. The summed E-state index contributed by atoms with van der Waals surface area (Å²) in [6.07, 6.45) is 0.123. The van der Waals surface area contributed by atoms with Gasteiger partial charge in [0.05, 0.1) is 12.1 Å². The minimum atomic E-state index is -0.392. The minimum Gasteiger partial charge on any atom is -0.454 e. The average Bonchev–Trinajstić information content (AvgIpc) is 2.66. The van der Waals surface area contributed by atoms with E-state index in [1.54, 1.807) is 25.2 Å². The molecule has 1 heterocycles. The first-order valence-corrected chi connectivity index (χ1v) is 9.59. The Morgan fingerprint density at radius 2 is 1.83 bits per heavy atom. The number of ether oxygens (including phenoxy) is 1. The van der Waals surface area contributed by atoms with Crippen LogP contribution in [-0.4, -0.2) is 41.8 Å². The van der Waals surface area contributed by atoms with Crippen molar-refractivity contribution in [3.05, 3.63) is 70.8 Å². The fourth-order valence-electron chi connectivity index (χ4n) is 3.35. The summed E-state index contributed by atoms with van der Waals surface area (Å²) in [7, 11) is 1.59. The van der Waals surface area contributed by atoms with Gasteiger partial charge in [-0.3, -0.25) is 9.59 Å². The molecule has 0 radical (unpaired) electrons. The zero-order valence-corrected chi connectivity index (χ0v) is 17.2. The van der Waals surface area contributed by atoms with Gasteiger partial charge in [-0.15, -0.1) is 0 Å². The van der Waals surface area contributed by atoms with E-state index in [0.29, 0.717) is 17.5 Å². The molecule has 1 unspecified atom stereocenters. The maximum atomic E-state index is 12.8. The number of hydrogen-bond acceptors (Lipinski definition) is 4. The lowest BCUT2D eigenvalue weighted by Crippen LogP contribution is -2.46. The van der Waals surface area contributed by atoms with Crippen LogP contribution in [0.25, 0.3) is 0 Å². The van der Waals surface area contributed by atoms with Crippen molar-refractivity contribution in [2.45, 2.75) is 38.8 Å². The molecule has 0 bridgehead atoms. The number of amides is 2. The van der Waals surface area contributed by atoms with Gasteiger partial charge in [-0.2, -0.15) is 0 Å². The van der Waals surface area contributed by atoms with Crippen LogP contribution in [0.3, 0.4) is 0 Å². The number of hydrogen-bond donors (Lipinski definition) is 1. The Morgan fingerprint density at radius 3 is 2.48 bits per heavy atom. The Labute approximate surface area is 170 Å². The number of likely N-dealkylation sites (N-methyl/N-ethyl adjacent to an activating group) is 1. The van der Waals surface area contributed by atoms with Crippen LogP contribution in [-0.2, 0) is 16.0 Å². The fourth-order valence-corrected chi connectivity index (χ4v) is 3.35. The van der Waals surface area contributed by atoms with Crippen molar-refractivity contribution in [1.29, 1.82) is 0 Å². The van der Waals surface area contributed by atoms with Gasteiger partial charge in [0.15, 0.2) is 0 Å². The topological polar surface area (TPSA) is 75.7 Å². The van der Waals surface area contributed by atoms with Gasteiger partial charge >= 0.3 is 5.97 Å². The first-order chi connectivity index (χ1) is 13.6. The van der Waals surface area contributed by atoms with Crippen LogP contribution in [0.4, 0.5) is 0 Å². The van der Waals surface area contributed by atoms with E-state index in [-0.39, 0.29) is 30.0 Å². The molecule has 2 aromatic carbocycles. The summed E-state index contributed by atoms with van der Waals surface area (Å²) in [5, 5.41) is 2.84. The Balaban J connectivity index is 1.76. The third-order valence-electron chi connectivity index (χ3n) is 4.64. The summed E-state index contributed by atoms with van der Waals surface area (Å²) >= 11 is 0. The lowest BCUT2D eigenvalue weighted by molar-refractivity contribution is -0.122. The monoisotopic (exact) mass is 394 g/mol. The minimum absolute atomic E-state index is 0.0398. The summed E-state index contributed by atoms with van der Waals surface area (Å²) in [6.45, 7) is 5.62. The van der Waals surface area contributed by atoms with E-state index in [0.717, 1.165) is 11.1 Å². The number of carbonyl (C=O) groups is 3. The maximum Gasteiger partial charge on any atom is 0.339 e. The Bertz CT molecular complexity index is 932. The van der Waals surface area contributed by atoms with Crippen molar-refractivity contribution < 1.29 is 19.1 Å². The van der Waals surface area contributed by atoms with E-state index in [9.17, 15) is 14.4 Å². The molecule has 2 aromatic rings. The van der Waals surface area contributed by atoms with E-state index in [1.807, 2.05) is 51.1 Å². The molecule has 0 aromatic heterocycles. The van der Waals surface area contributed by atoms with E-state index >= 15 is 0 Å². The second-order valence-corrected chi connectivity index (χ2v) is 8.34. The molecule has 2 amide bonds. The van der Waals surface area contributed by atoms with Crippen LogP contribution in [0.1, 0.15) is 58.7 Å². The fraction of sp³-hybridized carbons (Fsp3) is 0.348. The van der Waals surface area contributed by atoms with Crippen molar-refractivity contribution in [3.8, 4) is 0 Å². The van der Waals surface area contributed by atoms with Crippen molar-refractivity contribution in [1.82, 2.24) is 10.2 Å². The van der Waals surface area contributed by atoms with Gasteiger partial charge in [0.1, 0.15) is 6.10 Å². The predicted molar refractivity (Wildman–Crippen MR) is 110 cm³/mol. The summed E-state index contributed by atoms with van der Waals surface area (Å²) in [5.74, 6) is -0.886. The second kappa shape index (κ2) is 8.07. The second-order valence-electron chi connectivity index (χ2n) is 8.34. The Kier molecular flexibility index (Phi) is 5.73. The van der Waals surface area contributed by atoms with Gasteiger partial charge in [-0.1, -0.05) is 30.3 Å². The standard InChI is InChI=1S/C23H26N2O4/c1-23(2,3)24-20(26)14-25(4)21(27)16-10-11-18-17(12-16)13-19(29-22(18)28)15-8-6-5-7-9-15/h5-12,19H,13-14H2,1-4H3,(H,24,26). The van der Waals surface area contributed by atoms with Gasteiger partial charge in [-0.25, -0.2) is 4.79 Å². The number of esters is 1. The van der Waals surface area contributed by atoms with E-state index in [1.165, 1.54) is 4.90 Å². The third kappa shape index (κ3) is 5.02. The number of carbonyl (C=O) groups excluding carboxylic acids is 3. The highest BCUT2D eigenvalue weighted by Gasteiger charge is 2.28. The van der Waals surface area contributed by atoms with Crippen molar-refractivity contribution in [3.63, 3.8) is 0 Å². The normalized spacial score (nSPS) is 15.9. The lowest BCUT2D eigenvalue weighted by atomic mass is 9.93. The highest BCUT2D eigenvalue weighted by atomic mass is 16.5. The molecule has 3 rings (SSSR count). The van der Waals surface area contributed by atoms with Crippen molar-refractivity contribution in [2.75, 3.05) is 13.6 Å². The van der Waals surface area contributed by atoms with Crippen LogP contribution >= 0.6 is 0 Å². The Morgan fingerprint density at radius 1 is 1.14 bits per heavy atom. The molecule has 6 nitrogen and oxygen atoms in total. The molecule has 0 spiro atoms. The number of benzene rings is 2. The van der Waals surface area contributed by atoms with Crippen LogP contribution < -0.4 is 5.32 Å². The largest absolute Gasteiger partial charge is 0.454 e. The molecule has 152 valence electrons. The maximum absolute atomic E-state index is 12.8. The average molecular weight is 394 g/mol. The molecule has 1 atom stereocenters. The molecule has 6 heteroatoms. The first-order valence-electron chi connectivity index (χ1n) is 9.59. The van der Waals surface area contributed by atoms with Gasteiger partial charge < -0.3 is 15.0 Å². The highest BCUT2D eigenvalue weighted by Crippen LogP contribution is 2.31. The molecule has 1 aliphatic heterocycles. The summed E-state index contributed by atoms with van der Waals surface area (Å²) in [4.78, 5) is 38.7. The lowest BCUT2D eigenvalue weighted by Gasteiger charge is -2.26. The number of nitrogens with one attached hydrogen (secondary N) is 1. The number of cyclic esters (lactones) is 1. The van der Waals surface area contributed by atoms with E-state index in [4.69, 9.17) is 4.74 Å². The predicted octanol–water partition coefficient (Wildman–Crippen LogP) is 3.13. The molecule has 0 saturated heterocycles. The molecular formula is C23H26N2O4. The molecule has 0 aliphatic carbocycles. The quantitative estimate of drug-likeness (QED) is 0.809. The summed E-state index contributed by atoms with van der Waals surface area (Å²) in [6, 6.07) is 14.5. The van der Waals surface area contributed by atoms with Gasteiger partial charge in [-0.05, 0) is 50.1 Å². The smallest absolute Gasteiger partial charge is 0.339 e. The summed E-state index contributed by atoms with van der Waals surface area (Å²) < 4.78 is 5.56. The number of rotatable bonds is 4. The molecule has 1 aliphatic rings. The van der Waals surface area contributed by atoms with Crippen LogP contribution in [0.5, 0.6) is 0 Å². The van der Waals surface area contributed by atoms with Gasteiger partial charge in [0.25, 0.3) is 5.91 Å². The molecule has 1 N–H and O–H groups in total. The van der Waals surface area contributed by atoms with Crippen LogP contribution in [0.15, 0.2) is 48.5 Å². The third-order valence-corrected chi connectivity index (χ3v) is 4.64. The Hall–Kier alpha value is -3.15. The molecular weight excluding hydrogens is 368 g/mol. The van der Waals surface area contributed by atoms with Crippen molar-refractivity contribution in [2.24, 2.45) is 0 Å². The molecule has 0 saturated carbocycles. The highest BCUT2D eigenvalue weighted by molar-refractivity contribution is 5.99.